The third kappa shape index (κ3) is 2.38. The van der Waals surface area contributed by atoms with Gasteiger partial charge in [-0.3, -0.25) is 0 Å². The first kappa shape index (κ1) is 11.5. The Labute approximate surface area is 97.9 Å². The molecule has 0 spiro atoms. The molecule has 1 radical (unpaired) electrons. The van der Waals surface area contributed by atoms with Crippen LogP contribution >= 0.6 is 0 Å². The molecule has 0 aliphatic heterocycles. The van der Waals surface area contributed by atoms with Crippen LogP contribution in [0.2, 0.25) is 0 Å². The summed E-state index contributed by atoms with van der Waals surface area (Å²) in [6, 6.07) is 8.62. The zero-order valence-electron chi connectivity index (χ0n) is 9.98. The van der Waals surface area contributed by atoms with Gasteiger partial charge < -0.3 is 4.90 Å². The van der Waals surface area contributed by atoms with Crippen LogP contribution in [0.4, 0.5) is 5.69 Å². The highest BCUT2D eigenvalue weighted by Gasteiger charge is 2.19. The van der Waals surface area contributed by atoms with Crippen LogP contribution in [-0.2, 0) is 11.7 Å². The molecule has 0 atom stereocenters. The summed E-state index contributed by atoms with van der Waals surface area (Å²) in [4.78, 5) is 2.31. The molecule has 0 unspecified atom stereocenters. The molecular weight excluding hydrogens is 198 g/mol. The number of hydrogen-bond acceptors (Lipinski definition) is 1. The number of rotatable bonds is 3. The number of benzene rings is 1. The van der Waals surface area contributed by atoms with Crippen LogP contribution in [0.25, 0.3) is 0 Å². The first-order chi connectivity index (χ1) is 7.83. The first-order valence-corrected chi connectivity index (χ1v) is 6.22. The van der Waals surface area contributed by atoms with Crippen molar-refractivity contribution >= 4 is 5.69 Å². The van der Waals surface area contributed by atoms with E-state index in [1.54, 1.807) is 0 Å². The molecule has 2 nitrogen and oxygen atoms in total. The van der Waals surface area contributed by atoms with Crippen molar-refractivity contribution in [2.45, 2.75) is 44.8 Å². The molecule has 16 heavy (non-hydrogen) atoms. The highest BCUT2D eigenvalue weighted by atomic mass is 16.3. The molecule has 0 amide bonds. The quantitative estimate of drug-likeness (QED) is 0.762. The van der Waals surface area contributed by atoms with Gasteiger partial charge in [0.05, 0.1) is 0 Å². The van der Waals surface area contributed by atoms with Crippen LogP contribution in [0, 0.1) is 0 Å². The second-order valence-corrected chi connectivity index (χ2v) is 4.68. The fourth-order valence-electron chi connectivity index (χ4n) is 2.64. The lowest BCUT2D eigenvalue weighted by atomic mass is 9.94. The monoisotopic (exact) mass is 218 g/mol. The van der Waals surface area contributed by atoms with Crippen molar-refractivity contribution in [1.82, 2.24) is 0 Å². The van der Waals surface area contributed by atoms with E-state index in [2.05, 4.69) is 18.0 Å². The van der Waals surface area contributed by atoms with Gasteiger partial charge in [-0.05, 0) is 18.9 Å². The summed E-state index contributed by atoms with van der Waals surface area (Å²) in [5, 5.41) is 11.1. The third-order valence-corrected chi connectivity index (χ3v) is 3.65. The zero-order chi connectivity index (χ0) is 11.4. The predicted molar refractivity (Wildman–Crippen MR) is 66.1 cm³/mol. The maximum atomic E-state index is 11.1. The van der Waals surface area contributed by atoms with Gasteiger partial charge in [-0.2, -0.15) is 0 Å². The predicted octanol–water partition coefficient (Wildman–Crippen LogP) is 3.39. The summed E-state index contributed by atoms with van der Waals surface area (Å²) in [5.74, 6) is 0. The van der Waals surface area contributed by atoms with Crippen LogP contribution in [0.3, 0.4) is 0 Å². The van der Waals surface area contributed by atoms with Crippen molar-refractivity contribution in [3.05, 3.63) is 29.8 Å². The van der Waals surface area contributed by atoms with E-state index in [0.29, 0.717) is 6.04 Å². The van der Waals surface area contributed by atoms with Crippen molar-refractivity contribution in [2.75, 3.05) is 11.9 Å². The Morgan fingerprint density at radius 2 is 1.88 bits per heavy atom. The van der Waals surface area contributed by atoms with Crippen molar-refractivity contribution in [1.29, 1.82) is 0 Å². The Hall–Kier alpha value is -1.02. The number of hydrogen-bond donors (Lipinski definition) is 0. The van der Waals surface area contributed by atoms with Gasteiger partial charge in [0.25, 0.3) is 0 Å². The molecular formula is C14H20NO. The van der Waals surface area contributed by atoms with Crippen molar-refractivity contribution in [3.8, 4) is 0 Å². The molecule has 0 heterocycles. The maximum Gasteiger partial charge on any atom is 0.109 e. The molecule has 1 aliphatic rings. The topological polar surface area (TPSA) is 23.1 Å². The molecule has 1 aromatic carbocycles. The molecule has 0 bridgehead atoms. The first-order valence-electron chi connectivity index (χ1n) is 6.22. The highest BCUT2D eigenvalue weighted by molar-refractivity contribution is 5.53. The second-order valence-electron chi connectivity index (χ2n) is 4.68. The average molecular weight is 218 g/mol. The van der Waals surface area contributed by atoms with Gasteiger partial charge in [0.1, 0.15) is 6.61 Å². The number of nitrogens with zero attached hydrogens (tertiary/aromatic N) is 1. The lowest BCUT2D eigenvalue weighted by molar-refractivity contribution is 0.177. The van der Waals surface area contributed by atoms with E-state index in [0.717, 1.165) is 11.3 Å². The van der Waals surface area contributed by atoms with Gasteiger partial charge in [-0.25, -0.2) is 5.11 Å². The fourth-order valence-corrected chi connectivity index (χ4v) is 2.64. The van der Waals surface area contributed by atoms with E-state index in [1.807, 2.05) is 18.2 Å². The highest BCUT2D eigenvalue weighted by Crippen LogP contribution is 2.28. The Kier molecular flexibility index (Phi) is 3.83. The normalized spacial score (nSPS) is 17.4. The van der Waals surface area contributed by atoms with E-state index in [4.69, 9.17) is 0 Å². The summed E-state index contributed by atoms with van der Waals surface area (Å²) in [5.41, 5.74) is 2.06. The van der Waals surface area contributed by atoms with E-state index in [-0.39, 0.29) is 6.61 Å². The Bertz CT molecular complexity index is 331. The van der Waals surface area contributed by atoms with Gasteiger partial charge in [0.2, 0.25) is 0 Å². The lowest BCUT2D eigenvalue weighted by Crippen LogP contribution is -2.33. The summed E-state index contributed by atoms with van der Waals surface area (Å²) in [7, 11) is 2.13. The number of anilines is 1. The fraction of sp³-hybridized carbons (Fsp3) is 0.571. The Morgan fingerprint density at radius 3 is 2.56 bits per heavy atom. The smallest absolute Gasteiger partial charge is 0.109 e. The minimum atomic E-state index is -0.118. The van der Waals surface area contributed by atoms with Crippen molar-refractivity contribution in [3.63, 3.8) is 0 Å². The molecule has 0 saturated heterocycles. The summed E-state index contributed by atoms with van der Waals surface area (Å²) in [6.45, 7) is -0.118. The van der Waals surface area contributed by atoms with Crippen LogP contribution < -0.4 is 4.90 Å². The minimum absolute atomic E-state index is 0.118. The number of para-hydroxylation sites is 1. The molecule has 1 fully saturated rings. The summed E-state index contributed by atoms with van der Waals surface area (Å²) >= 11 is 0. The van der Waals surface area contributed by atoms with E-state index < -0.39 is 0 Å². The van der Waals surface area contributed by atoms with Gasteiger partial charge in [0, 0.05) is 24.3 Å². The molecule has 1 saturated carbocycles. The van der Waals surface area contributed by atoms with Crippen LogP contribution in [0.5, 0.6) is 0 Å². The summed E-state index contributed by atoms with van der Waals surface area (Å²) < 4.78 is 0. The van der Waals surface area contributed by atoms with Gasteiger partial charge in [-0.1, -0.05) is 37.5 Å². The lowest BCUT2D eigenvalue weighted by Gasteiger charge is -2.34. The molecule has 2 rings (SSSR count). The molecule has 1 aliphatic carbocycles. The minimum Gasteiger partial charge on any atom is -0.371 e. The Balaban J connectivity index is 2.15. The van der Waals surface area contributed by atoms with Crippen LogP contribution in [0.15, 0.2) is 24.3 Å². The standard InChI is InChI=1S/C14H20NO/c1-15(13-8-3-2-4-9-13)14-10-6-5-7-12(14)11-16/h5-7,10,13H,2-4,8-9,11H2,1H3. The van der Waals surface area contributed by atoms with E-state index in [1.165, 1.54) is 32.1 Å². The largest absolute Gasteiger partial charge is 0.371 e. The van der Waals surface area contributed by atoms with Gasteiger partial charge in [0.15, 0.2) is 0 Å². The SMILES string of the molecule is CN(c1ccccc1C[O])C1CCCCC1. The molecule has 0 aromatic heterocycles. The average Bonchev–Trinajstić information content (AvgIpc) is 2.39. The second kappa shape index (κ2) is 5.35. The third-order valence-electron chi connectivity index (χ3n) is 3.65. The van der Waals surface area contributed by atoms with E-state index >= 15 is 0 Å². The molecule has 1 aromatic rings. The van der Waals surface area contributed by atoms with Crippen LogP contribution in [-0.4, -0.2) is 13.1 Å². The molecule has 0 N–H and O–H groups in total. The molecule has 2 heteroatoms. The Morgan fingerprint density at radius 1 is 1.19 bits per heavy atom. The summed E-state index contributed by atoms with van der Waals surface area (Å²) in [6.07, 6.45) is 6.56. The van der Waals surface area contributed by atoms with Gasteiger partial charge >= 0.3 is 0 Å². The van der Waals surface area contributed by atoms with Gasteiger partial charge in [-0.15, -0.1) is 0 Å². The molecule has 87 valence electrons. The van der Waals surface area contributed by atoms with Crippen molar-refractivity contribution in [2.24, 2.45) is 0 Å². The zero-order valence-corrected chi connectivity index (χ0v) is 9.98. The maximum absolute atomic E-state index is 11.1. The van der Waals surface area contributed by atoms with E-state index in [9.17, 15) is 5.11 Å². The van der Waals surface area contributed by atoms with Crippen LogP contribution in [0.1, 0.15) is 37.7 Å². The van der Waals surface area contributed by atoms with Crippen molar-refractivity contribution < 1.29 is 5.11 Å².